The molecule has 0 saturated carbocycles. The van der Waals surface area contributed by atoms with E-state index in [1.807, 2.05) is 22.6 Å². The minimum absolute atomic E-state index is 0.0197. The van der Waals surface area contributed by atoms with Crippen LogP contribution in [0.2, 0.25) is 0 Å². The van der Waals surface area contributed by atoms with Crippen molar-refractivity contribution in [3.8, 4) is 5.75 Å². The van der Waals surface area contributed by atoms with E-state index in [0.717, 1.165) is 21.8 Å². The molecule has 0 radical (unpaired) electrons. The number of hydrogen-bond donors (Lipinski definition) is 1. The van der Waals surface area contributed by atoms with Gasteiger partial charge in [0.15, 0.2) is 0 Å². The third-order valence-corrected chi connectivity index (χ3v) is 3.23. The third-order valence-electron chi connectivity index (χ3n) is 2.56. The van der Waals surface area contributed by atoms with Crippen LogP contribution in [0.5, 0.6) is 5.75 Å². The van der Waals surface area contributed by atoms with E-state index in [9.17, 15) is 13.6 Å². The Bertz CT molecular complexity index is 659. The fraction of sp³-hybridized carbons (Fsp3) is 0.0714. The summed E-state index contributed by atoms with van der Waals surface area (Å²) >= 11 is 1.98. The summed E-state index contributed by atoms with van der Waals surface area (Å²) in [5, 5.41) is 9.07. The molecule has 0 aliphatic rings. The van der Waals surface area contributed by atoms with E-state index >= 15 is 0 Å². The number of rotatable bonds is 4. The lowest BCUT2D eigenvalue weighted by Gasteiger charge is -2.10. The van der Waals surface area contributed by atoms with Gasteiger partial charge in [-0.05, 0) is 59.0 Å². The summed E-state index contributed by atoms with van der Waals surface area (Å²) in [7, 11) is 0. The predicted molar refractivity (Wildman–Crippen MR) is 76.8 cm³/mol. The monoisotopic (exact) mass is 390 g/mol. The van der Waals surface area contributed by atoms with Gasteiger partial charge in [-0.1, -0.05) is 0 Å². The highest BCUT2D eigenvalue weighted by Gasteiger charge is 2.13. The quantitative estimate of drug-likeness (QED) is 0.808. The average Bonchev–Trinajstić information content (AvgIpc) is 2.40. The first-order valence-electron chi connectivity index (χ1n) is 5.57. The van der Waals surface area contributed by atoms with Crippen molar-refractivity contribution < 1.29 is 23.4 Å². The fourth-order valence-electron chi connectivity index (χ4n) is 1.60. The van der Waals surface area contributed by atoms with Gasteiger partial charge in [-0.2, -0.15) is 0 Å². The molecule has 0 bridgehead atoms. The summed E-state index contributed by atoms with van der Waals surface area (Å²) in [6, 6.07) is 7.63. The molecule has 2 rings (SSSR count). The maximum atomic E-state index is 13.4. The first-order valence-corrected chi connectivity index (χ1v) is 6.65. The van der Waals surface area contributed by atoms with Crippen LogP contribution in [0.4, 0.5) is 8.78 Å². The third kappa shape index (κ3) is 3.44. The number of aromatic carboxylic acids is 1. The van der Waals surface area contributed by atoms with Gasteiger partial charge >= 0.3 is 5.97 Å². The molecular formula is C14H9F2IO3. The molecule has 0 atom stereocenters. The zero-order chi connectivity index (χ0) is 14.7. The normalized spacial score (nSPS) is 10.3. The lowest BCUT2D eigenvalue weighted by Crippen LogP contribution is -2.05. The van der Waals surface area contributed by atoms with Crippen molar-refractivity contribution in [2.75, 3.05) is 0 Å². The maximum absolute atomic E-state index is 13.4. The topological polar surface area (TPSA) is 46.5 Å². The molecule has 0 saturated heterocycles. The van der Waals surface area contributed by atoms with E-state index < -0.39 is 17.6 Å². The fourth-order valence-corrected chi connectivity index (χ4v) is 2.10. The van der Waals surface area contributed by atoms with Crippen LogP contribution in [-0.2, 0) is 6.61 Å². The Labute approximate surface area is 127 Å². The van der Waals surface area contributed by atoms with E-state index in [4.69, 9.17) is 9.84 Å². The zero-order valence-corrected chi connectivity index (χ0v) is 12.2. The highest BCUT2D eigenvalue weighted by Crippen LogP contribution is 2.23. The second-order valence-corrected chi connectivity index (χ2v) is 5.22. The van der Waals surface area contributed by atoms with Gasteiger partial charge in [0.25, 0.3) is 0 Å². The van der Waals surface area contributed by atoms with Gasteiger partial charge in [0.05, 0.1) is 0 Å². The van der Waals surface area contributed by atoms with Gasteiger partial charge in [-0.15, -0.1) is 0 Å². The van der Waals surface area contributed by atoms with Crippen molar-refractivity contribution >= 4 is 28.6 Å². The van der Waals surface area contributed by atoms with E-state index in [1.54, 1.807) is 6.07 Å². The molecule has 1 N–H and O–H groups in total. The Kier molecular flexibility index (Phi) is 4.53. The van der Waals surface area contributed by atoms with Crippen molar-refractivity contribution in [3.63, 3.8) is 0 Å². The molecule has 0 amide bonds. The Hall–Kier alpha value is -1.70. The van der Waals surface area contributed by atoms with Crippen LogP contribution in [0.15, 0.2) is 36.4 Å². The molecule has 104 valence electrons. The summed E-state index contributed by atoms with van der Waals surface area (Å²) in [5.74, 6) is -2.21. The molecule has 20 heavy (non-hydrogen) atoms. The van der Waals surface area contributed by atoms with E-state index in [1.165, 1.54) is 12.1 Å². The van der Waals surface area contributed by atoms with Gasteiger partial charge in [0.1, 0.15) is 29.6 Å². The molecule has 0 fully saturated rings. The first-order chi connectivity index (χ1) is 9.47. The number of carboxylic acid groups (broad SMARTS) is 1. The molecule has 6 heteroatoms. The van der Waals surface area contributed by atoms with Gasteiger partial charge in [-0.3, -0.25) is 0 Å². The van der Waals surface area contributed by atoms with Gasteiger partial charge in [-0.25, -0.2) is 13.6 Å². The average molecular weight is 390 g/mol. The van der Waals surface area contributed by atoms with Crippen LogP contribution in [0.1, 0.15) is 15.9 Å². The van der Waals surface area contributed by atoms with E-state index in [-0.39, 0.29) is 23.5 Å². The summed E-state index contributed by atoms with van der Waals surface area (Å²) in [4.78, 5) is 11.1. The molecule has 0 heterocycles. The summed E-state index contributed by atoms with van der Waals surface area (Å²) in [6.45, 7) is -0.246. The Morgan fingerprint density at radius 1 is 1.20 bits per heavy atom. The number of hydrogen-bond acceptors (Lipinski definition) is 2. The smallest absolute Gasteiger partial charge is 0.339 e. The number of benzene rings is 2. The van der Waals surface area contributed by atoms with Crippen LogP contribution in [0, 0.1) is 15.2 Å². The van der Waals surface area contributed by atoms with Crippen molar-refractivity contribution in [3.05, 3.63) is 62.7 Å². The van der Waals surface area contributed by atoms with Crippen LogP contribution >= 0.6 is 22.6 Å². The molecule has 0 aliphatic carbocycles. The zero-order valence-electron chi connectivity index (χ0n) is 10.1. The van der Waals surface area contributed by atoms with Crippen molar-refractivity contribution in [2.24, 2.45) is 0 Å². The van der Waals surface area contributed by atoms with Gasteiger partial charge < -0.3 is 9.84 Å². The summed E-state index contributed by atoms with van der Waals surface area (Å²) in [6.07, 6.45) is 0. The van der Waals surface area contributed by atoms with Crippen LogP contribution in [-0.4, -0.2) is 11.1 Å². The predicted octanol–water partition coefficient (Wildman–Crippen LogP) is 3.85. The number of carboxylic acids is 1. The molecule has 0 unspecified atom stereocenters. The van der Waals surface area contributed by atoms with E-state index in [0.29, 0.717) is 0 Å². The molecule has 3 nitrogen and oxygen atoms in total. The molecule has 0 spiro atoms. The Balaban J connectivity index is 2.23. The van der Waals surface area contributed by atoms with Crippen LogP contribution in [0.25, 0.3) is 0 Å². The lowest BCUT2D eigenvalue weighted by atomic mass is 10.2. The Morgan fingerprint density at radius 3 is 2.65 bits per heavy atom. The Morgan fingerprint density at radius 2 is 1.95 bits per heavy atom. The minimum atomic E-state index is -1.14. The van der Waals surface area contributed by atoms with Gasteiger partial charge in [0, 0.05) is 9.13 Å². The largest absolute Gasteiger partial charge is 0.488 e. The van der Waals surface area contributed by atoms with Crippen LogP contribution in [0.3, 0.4) is 0 Å². The minimum Gasteiger partial charge on any atom is -0.488 e. The lowest BCUT2D eigenvalue weighted by molar-refractivity contribution is 0.0691. The summed E-state index contributed by atoms with van der Waals surface area (Å²) in [5.41, 5.74) is 0.00796. The van der Waals surface area contributed by atoms with E-state index in [2.05, 4.69) is 0 Å². The van der Waals surface area contributed by atoms with Gasteiger partial charge in [0.2, 0.25) is 0 Å². The molecule has 2 aromatic rings. The highest BCUT2D eigenvalue weighted by atomic mass is 127. The SMILES string of the molecule is O=C(O)c1cc(I)ccc1OCc1cc(F)ccc1F. The second kappa shape index (κ2) is 6.17. The standard InChI is InChI=1S/C14H9F2IO3/c15-9-1-3-12(16)8(5-9)7-20-13-4-2-10(17)6-11(13)14(18)19/h1-6H,7H2,(H,18,19). The molecule has 2 aromatic carbocycles. The maximum Gasteiger partial charge on any atom is 0.339 e. The van der Waals surface area contributed by atoms with Crippen LogP contribution < -0.4 is 4.74 Å². The van der Waals surface area contributed by atoms with Crippen molar-refractivity contribution in [2.45, 2.75) is 6.61 Å². The van der Waals surface area contributed by atoms with Crippen molar-refractivity contribution in [1.29, 1.82) is 0 Å². The molecular weight excluding hydrogens is 381 g/mol. The number of ether oxygens (including phenoxy) is 1. The molecule has 0 aromatic heterocycles. The first kappa shape index (κ1) is 14.7. The number of carbonyl (C=O) groups is 1. The number of halogens is 3. The second-order valence-electron chi connectivity index (χ2n) is 3.97. The molecule has 0 aliphatic heterocycles. The van der Waals surface area contributed by atoms with Crippen molar-refractivity contribution in [1.82, 2.24) is 0 Å². The highest BCUT2D eigenvalue weighted by molar-refractivity contribution is 14.1. The summed E-state index contributed by atoms with van der Waals surface area (Å²) < 4.78 is 32.5.